The van der Waals surface area contributed by atoms with Crippen molar-refractivity contribution in [2.24, 2.45) is 17.3 Å². The average Bonchev–Trinajstić information content (AvgIpc) is 1.74. The van der Waals surface area contributed by atoms with Crippen LogP contribution in [0.5, 0.6) is 11.6 Å². The Hall–Kier alpha value is -7.24. The standard InChI is InChI=1S/C67H85N11O10S/c1-44(2)51-7-5-6-8-54(51)76-29-28-73(41-46-35-60(85-4)63(70-40-46)75-30-33-86-34-31-75)42-59(76)47-15-21-67(22-16-47)23-26-74(27-24-67)49-9-11-52(56(37-49)77-55-18-32-87-43-61(55)88-65-58(77)36-48-17-25-68-62(48)71-65)64(79)72-89(83,84)50-10-12-53(57(38-50)78(81)82)69-39-45-13-19-66(3,80)20-14-45/h5-12,17,25,35-38,40,44-45,47,55,59,61,69,80H,13-16,18-24,26-34,39,41-43H2,1-4H3,(H,68,71)(H,72,79)/t45?,55-,59+,61-,66?/m0/s1. The summed E-state index contributed by atoms with van der Waals surface area (Å²) < 4.78 is 55.1. The molecule has 474 valence electrons. The molecule has 4 N–H and O–H groups in total. The number of piperidine rings is 1. The number of hydrogen-bond acceptors (Lipinski definition) is 18. The van der Waals surface area contributed by atoms with Gasteiger partial charge in [0.25, 0.3) is 21.6 Å². The van der Waals surface area contributed by atoms with Crippen LogP contribution in [-0.4, -0.2) is 154 Å². The van der Waals surface area contributed by atoms with Gasteiger partial charge in [-0.2, -0.15) is 4.98 Å². The van der Waals surface area contributed by atoms with Gasteiger partial charge in [0.05, 0.1) is 59.6 Å². The summed E-state index contributed by atoms with van der Waals surface area (Å²) in [7, 11) is -2.91. The van der Waals surface area contributed by atoms with Crippen LogP contribution in [0.15, 0.2) is 96.2 Å². The second-order valence-electron chi connectivity index (χ2n) is 26.6. The monoisotopic (exact) mass is 1240 g/mol. The van der Waals surface area contributed by atoms with E-state index in [4.69, 9.17) is 28.9 Å². The minimum absolute atomic E-state index is 0.111. The fraction of sp³-hybridized carbons (Fsp3) is 0.537. The molecule has 3 aromatic carbocycles. The average molecular weight is 1240 g/mol. The first-order valence-corrected chi connectivity index (χ1v) is 33.7. The molecule has 4 saturated heterocycles. The van der Waals surface area contributed by atoms with Gasteiger partial charge in [-0.1, -0.05) is 32.0 Å². The molecular weight excluding hydrogens is 1150 g/mol. The molecule has 6 fully saturated rings. The van der Waals surface area contributed by atoms with Crippen molar-refractivity contribution < 1.29 is 42.2 Å². The van der Waals surface area contributed by atoms with Gasteiger partial charge in [-0.25, -0.2) is 18.1 Å². The molecule has 89 heavy (non-hydrogen) atoms. The maximum absolute atomic E-state index is 14.9. The Morgan fingerprint density at radius 3 is 2.40 bits per heavy atom. The minimum atomic E-state index is -4.65. The summed E-state index contributed by atoms with van der Waals surface area (Å²) in [6.45, 7) is 15.8. The second-order valence-corrected chi connectivity index (χ2v) is 28.3. The molecule has 21 nitrogen and oxygen atoms in total. The molecule has 3 atom stereocenters. The number of sulfonamides is 1. The molecule has 0 unspecified atom stereocenters. The van der Waals surface area contributed by atoms with Crippen molar-refractivity contribution in [1.82, 2.24) is 24.6 Å². The number of carbonyl (C=O) groups excluding carboxylic acids is 1. The lowest BCUT2D eigenvalue weighted by Gasteiger charge is -2.52. The maximum atomic E-state index is 14.9. The minimum Gasteiger partial charge on any atom is -0.493 e. The second kappa shape index (κ2) is 25.2. The molecule has 0 bridgehead atoms. The predicted octanol–water partition coefficient (Wildman–Crippen LogP) is 10.2. The Morgan fingerprint density at radius 1 is 0.854 bits per heavy atom. The predicted molar refractivity (Wildman–Crippen MR) is 344 cm³/mol. The first-order valence-electron chi connectivity index (χ1n) is 32.2. The topological polar surface area (TPSA) is 233 Å². The van der Waals surface area contributed by atoms with Gasteiger partial charge in [0.1, 0.15) is 23.1 Å². The zero-order valence-electron chi connectivity index (χ0n) is 51.7. The number of nitro groups is 1. The zero-order chi connectivity index (χ0) is 61.6. The van der Waals surface area contributed by atoms with Crippen LogP contribution in [0.3, 0.4) is 0 Å². The van der Waals surface area contributed by atoms with Crippen molar-refractivity contribution in [1.29, 1.82) is 0 Å². The van der Waals surface area contributed by atoms with Crippen LogP contribution in [0.2, 0.25) is 0 Å². The molecule has 6 aromatic rings. The van der Waals surface area contributed by atoms with Gasteiger partial charge in [-0.15, -0.1) is 0 Å². The van der Waals surface area contributed by atoms with E-state index in [-0.39, 0.29) is 28.6 Å². The lowest BCUT2D eigenvalue weighted by atomic mass is 9.64. The third-order valence-corrected chi connectivity index (χ3v) is 21.9. The molecule has 5 aliphatic heterocycles. The summed E-state index contributed by atoms with van der Waals surface area (Å²) in [6, 6.07) is 24.5. The molecule has 22 heteroatoms. The molecule has 7 aliphatic rings. The zero-order valence-corrected chi connectivity index (χ0v) is 52.5. The van der Waals surface area contributed by atoms with Gasteiger partial charge in [0.2, 0.25) is 5.88 Å². The highest BCUT2D eigenvalue weighted by molar-refractivity contribution is 7.90. The van der Waals surface area contributed by atoms with E-state index in [1.807, 2.05) is 43.6 Å². The van der Waals surface area contributed by atoms with Gasteiger partial charge < -0.3 is 54.0 Å². The van der Waals surface area contributed by atoms with Crippen LogP contribution in [0.4, 0.5) is 39.9 Å². The fourth-order valence-corrected chi connectivity index (χ4v) is 16.3. The number of piperazine rings is 1. The lowest BCUT2D eigenvalue weighted by Crippen LogP contribution is -2.57. The molecule has 8 heterocycles. The maximum Gasteiger partial charge on any atom is 0.293 e. The van der Waals surface area contributed by atoms with Gasteiger partial charge in [0, 0.05) is 107 Å². The van der Waals surface area contributed by atoms with Crippen LogP contribution in [0, 0.1) is 27.4 Å². The number of anilines is 6. The van der Waals surface area contributed by atoms with Crippen molar-refractivity contribution in [3.05, 3.63) is 118 Å². The number of rotatable bonds is 16. The van der Waals surface area contributed by atoms with Crippen LogP contribution in [0.1, 0.15) is 119 Å². The fourth-order valence-electron chi connectivity index (χ4n) is 15.3. The highest BCUT2D eigenvalue weighted by Crippen LogP contribution is 2.51. The number of morpholine rings is 1. The lowest BCUT2D eigenvalue weighted by molar-refractivity contribution is -0.384. The summed E-state index contributed by atoms with van der Waals surface area (Å²) in [5, 5.41) is 27.0. The normalized spacial score (nSPS) is 24.3. The summed E-state index contributed by atoms with van der Waals surface area (Å²) in [6.07, 6.45) is 13.4. The number of nitrogens with one attached hydrogen (secondary N) is 3. The van der Waals surface area contributed by atoms with Crippen LogP contribution in [-0.2, 0) is 26.0 Å². The van der Waals surface area contributed by atoms with Gasteiger partial charge in [0.15, 0.2) is 11.6 Å². The number of nitro benzene ring substituents is 1. The van der Waals surface area contributed by atoms with Gasteiger partial charge in [-0.3, -0.25) is 19.8 Å². The molecule has 13 rings (SSSR count). The molecule has 3 aromatic heterocycles. The van der Waals surface area contributed by atoms with E-state index in [9.17, 15) is 28.4 Å². The Labute approximate surface area is 521 Å². The highest BCUT2D eigenvalue weighted by atomic mass is 32.2. The summed E-state index contributed by atoms with van der Waals surface area (Å²) >= 11 is 0. The van der Waals surface area contributed by atoms with E-state index >= 15 is 0 Å². The molecule has 1 amide bonds. The Bertz CT molecular complexity index is 3660. The van der Waals surface area contributed by atoms with E-state index in [0.29, 0.717) is 93.0 Å². The summed E-state index contributed by atoms with van der Waals surface area (Å²) in [5.74, 6) is 2.27. The van der Waals surface area contributed by atoms with E-state index in [1.54, 1.807) is 13.2 Å². The molecule has 1 spiro atoms. The van der Waals surface area contributed by atoms with Crippen LogP contribution >= 0.6 is 0 Å². The Morgan fingerprint density at radius 2 is 1.64 bits per heavy atom. The number of ether oxygens (including phenoxy) is 4. The Balaban J connectivity index is 0.744. The van der Waals surface area contributed by atoms with E-state index in [1.165, 1.54) is 23.4 Å². The van der Waals surface area contributed by atoms with Gasteiger partial charge >= 0.3 is 0 Å². The largest absolute Gasteiger partial charge is 0.493 e. The molecule has 2 saturated carbocycles. The number of methoxy groups -OCH3 is 1. The van der Waals surface area contributed by atoms with Crippen molar-refractivity contribution in [3.63, 3.8) is 0 Å². The number of H-pyrrole nitrogens is 1. The van der Waals surface area contributed by atoms with E-state index in [0.717, 1.165) is 138 Å². The third-order valence-electron chi connectivity index (χ3n) is 20.6. The number of fused-ring (bicyclic) bond motifs is 3. The first-order chi connectivity index (χ1) is 43.0. The number of aromatic amines is 1. The number of benzene rings is 3. The number of para-hydroxylation sites is 1. The molecule has 0 radical (unpaired) electrons. The first kappa shape index (κ1) is 60.7. The van der Waals surface area contributed by atoms with E-state index in [2.05, 4.69) is 83.7 Å². The van der Waals surface area contributed by atoms with Crippen LogP contribution < -0.4 is 39.1 Å². The SMILES string of the molecule is COc1cc(CN2CCN(c3ccccc3C(C)C)[C@@H](C3CCC4(CC3)CCN(c3ccc(C(=O)NS(=O)(=O)c5ccc(NCC6CCC(C)(O)CC6)c([N+](=O)[O-])c5)c(N5c6cc7cc[nH]c7nc6O[C@H]6COCC[C@@H]65)c3)CC4)C2)cnc1N1CCOCC1. The highest BCUT2D eigenvalue weighted by Gasteiger charge is 2.45. The van der Waals surface area contributed by atoms with Crippen molar-refractivity contribution in [2.75, 3.05) is 111 Å². The van der Waals surface area contributed by atoms with Crippen molar-refractivity contribution >= 4 is 66.9 Å². The summed E-state index contributed by atoms with van der Waals surface area (Å²) in [4.78, 5) is 51.6. The smallest absolute Gasteiger partial charge is 0.293 e. The molecule has 2 aliphatic carbocycles. The quantitative estimate of drug-likeness (QED) is 0.0521. The van der Waals surface area contributed by atoms with Crippen molar-refractivity contribution in [2.45, 2.75) is 133 Å². The number of pyridine rings is 2. The Kier molecular flexibility index (Phi) is 17.2. The molecular formula is C67H85N11O10S. The number of aliphatic hydroxyl groups is 1. The number of nitrogens with zero attached hydrogens (tertiary/aromatic N) is 8. The van der Waals surface area contributed by atoms with Crippen LogP contribution in [0.25, 0.3) is 11.0 Å². The number of amides is 1. The number of aromatic nitrogens is 3. The number of hydrogen-bond donors (Lipinski definition) is 4. The summed E-state index contributed by atoms with van der Waals surface area (Å²) in [5.41, 5.74) is 5.93. The van der Waals surface area contributed by atoms with E-state index < -0.39 is 43.1 Å². The van der Waals surface area contributed by atoms with Gasteiger partial charge in [-0.05, 0) is 166 Å². The third kappa shape index (κ3) is 12.7. The number of carbonyl (C=O) groups is 1. The van der Waals surface area contributed by atoms with Crippen molar-refractivity contribution in [3.8, 4) is 11.6 Å².